The van der Waals surface area contributed by atoms with E-state index in [2.05, 4.69) is 15.4 Å². The minimum atomic E-state index is -0.0834. The largest absolute Gasteiger partial charge is 0.467 e. The number of aromatic nitrogens is 4. The molecule has 104 valence electrons. The van der Waals surface area contributed by atoms with Crippen LogP contribution < -0.4 is 5.32 Å². The second-order valence-electron chi connectivity index (χ2n) is 4.67. The molecule has 6 heteroatoms. The minimum Gasteiger partial charge on any atom is -0.467 e. The van der Waals surface area contributed by atoms with Gasteiger partial charge in [-0.15, -0.1) is 0 Å². The zero-order chi connectivity index (χ0) is 13.9. The van der Waals surface area contributed by atoms with Crippen LogP contribution in [0.1, 0.15) is 23.3 Å². The van der Waals surface area contributed by atoms with Crippen LogP contribution in [0.4, 0.5) is 0 Å². The van der Waals surface area contributed by atoms with Crippen LogP contribution in [0.3, 0.4) is 0 Å². The summed E-state index contributed by atoms with van der Waals surface area (Å²) in [5, 5.41) is 7.64. The maximum absolute atomic E-state index is 5.54. The highest BCUT2D eigenvalue weighted by Crippen LogP contribution is 2.21. The first-order valence-electron chi connectivity index (χ1n) is 6.46. The standard InChI is InChI=1S/C14H17N5O/c1-18-8-7-15-14(18)13(12-4-3-9-20-12)16-10-11-5-6-17-19(11)2/h3-9,13,16H,10H2,1-2H3. The van der Waals surface area contributed by atoms with Crippen LogP contribution in [0.25, 0.3) is 0 Å². The zero-order valence-electron chi connectivity index (χ0n) is 11.5. The highest BCUT2D eigenvalue weighted by atomic mass is 16.3. The Morgan fingerprint density at radius 1 is 1.30 bits per heavy atom. The number of hydrogen-bond acceptors (Lipinski definition) is 4. The first-order valence-corrected chi connectivity index (χ1v) is 6.46. The van der Waals surface area contributed by atoms with Gasteiger partial charge in [-0.2, -0.15) is 5.10 Å². The van der Waals surface area contributed by atoms with Gasteiger partial charge in [-0.05, 0) is 18.2 Å². The molecule has 1 unspecified atom stereocenters. The fourth-order valence-corrected chi connectivity index (χ4v) is 2.21. The molecule has 0 saturated carbocycles. The molecule has 0 bridgehead atoms. The van der Waals surface area contributed by atoms with E-state index in [1.807, 2.05) is 47.7 Å². The van der Waals surface area contributed by atoms with Crippen LogP contribution in [-0.4, -0.2) is 19.3 Å². The number of imidazole rings is 1. The lowest BCUT2D eigenvalue weighted by molar-refractivity contribution is 0.425. The summed E-state index contributed by atoms with van der Waals surface area (Å²) in [7, 11) is 3.91. The molecule has 0 aliphatic rings. The molecule has 0 spiro atoms. The SMILES string of the molecule is Cn1ccnc1C(NCc1ccnn1C)c1ccco1. The summed E-state index contributed by atoms with van der Waals surface area (Å²) < 4.78 is 9.38. The van der Waals surface area contributed by atoms with E-state index >= 15 is 0 Å². The summed E-state index contributed by atoms with van der Waals surface area (Å²) in [5.41, 5.74) is 1.11. The molecule has 1 atom stereocenters. The average Bonchev–Trinajstić information content (AvgIpc) is 3.15. The highest BCUT2D eigenvalue weighted by Gasteiger charge is 2.20. The molecule has 0 saturated heterocycles. The van der Waals surface area contributed by atoms with E-state index < -0.39 is 0 Å². The number of aryl methyl sites for hydroxylation is 2. The van der Waals surface area contributed by atoms with Gasteiger partial charge in [0.15, 0.2) is 0 Å². The number of nitrogens with zero attached hydrogens (tertiary/aromatic N) is 4. The summed E-state index contributed by atoms with van der Waals surface area (Å²) in [6.45, 7) is 0.689. The molecule has 0 radical (unpaired) electrons. The molecule has 3 rings (SSSR count). The van der Waals surface area contributed by atoms with Gasteiger partial charge in [0.1, 0.15) is 17.6 Å². The molecule has 0 aliphatic heterocycles. The Labute approximate surface area is 117 Å². The third-order valence-electron chi connectivity index (χ3n) is 3.35. The average molecular weight is 271 g/mol. The summed E-state index contributed by atoms with van der Waals surface area (Å²) in [4.78, 5) is 4.41. The van der Waals surface area contributed by atoms with Crippen molar-refractivity contribution in [3.8, 4) is 0 Å². The third-order valence-corrected chi connectivity index (χ3v) is 3.35. The molecule has 3 aromatic rings. The van der Waals surface area contributed by atoms with Crippen molar-refractivity contribution >= 4 is 0 Å². The molecule has 6 nitrogen and oxygen atoms in total. The molecule has 0 fully saturated rings. The Bertz CT molecular complexity index is 667. The summed E-state index contributed by atoms with van der Waals surface area (Å²) >= 11 is 0. The molecule has 0 amide bonds. The lowest BCUT2D eigenvalue weighted by Gasteiger charge is -2.16. The molecule has 0 aliphatic carbocycles. The molecule has 20 heavy (non-hydrogen) atoms. The molecular formula is C14H17N5O. The first-order chi connectivity index (χ1) is 9.75. The van der Waals surface area contributed by atoms with E-state index in [1.54, 1.807) is 18.7 Å². The lowest BCUT2D eigenvalue weighted by Crippen LogP contribution is -2.25. The topological polar surface area (TPSA) is 60.8 Å². The van der Waals surface area contributed by atoms with Crippen molar-refractivity contribution in [1.29, 1.82) is 0 Å². The van der Waals surface area contributed by atoms with Crippen LogP contribution >= 0.6 is 0 Å². The minimum absolute atomic E-state index is 0.0834. The summed E-state index contributed by atoms with van der Waals surface area (Å²) in [5.74, 6) is 1.77. The fourth-order valence-electron chi connectivity index (χ4n) is 2.21. The van der Waals surface area contributed by atoms with Crippen molar-refractivity contribution in [1.82, 2.24) is 24.6 Å². The second-order valence-corrected chi connectivity index (χ2v) is 4.67. The predicted molar refractivity (Wildman–Crippen MR) is 73.8 cm³/mol. The van der Waals surface area contributed by atoms with Crippen molar-refractivity contribution < 1.29 is 4.42 Å². The lowest BCUT2D eigenvalue weighted by atomic mass is 10.2. The summed E-state index contributed by atoms with van der Waals surface area (Å²) in [6, 6.07) is 5.75. The maximum atomic E-state index is 5.54. The van der Waals surface area contributed by atoms with E-state index in [9.17, 15) is 0 Å². The smallest absolute Gasteiger partial charge is 0.133 e. The highest BCUT2D eigenvalue weighted by molar-refractivity contribution is 5.16. The van der Waals surface area contributed by atoms with Crippen molar-refractivity contribution in [2.24, 2.45) is 14.1 Å². The third kappa shape index (κ3) is 2.37. The molecule has 3 aromatic heterocycles. The molecule has 1 N–H and O–H groups in total. The number of hydrogen-bond donors (Lipinski definition) is 1. The van der Waals surface area contributed by atoms with Crippen LogP contribution in [0.15, 0.2) is 47.5 Å². The van der Waals surface area contributed by atoms with Crippen LogP contribution in [0.5, 0.6) is 0 Å². The van der Waals surface area contributed by atoms with Gasteiger partial charge < -0.3 is 8.98 Å². The van der Waals surface area contributed by atoms with Crippen molar-refractivity contribution in [2.45, 2.75) is 12.6 Å². The number of rotatable bonds is 5. The van der Waals surface area contributed by atoms with Gasteiger partial charge in [0.2, 0.25) is 0 Å². The molecule has 0 aromatic carbocycles. The Morgan fingerprint density at radius 2 is 2.20 bits per heavy atom. The maximum Gasteiger partial charge on any atom is 0.133 e. The quantitative estimate of drug-likeness (QED) is 0.766. The number of nitrogens with one attached hydrogen (secondary N) is 1. The Hall–Kier alpha value is -2.34. The van der Waals surface area contributed by atoms with Gasteiger partial charge in [-0.3, -0.25) is 10.00 Å². The van der Waals surface area contributed by atoms with Gasteiger partial charge >= 0.3 is 0 Å². The van der Waals surface area contributed by atoms with Gasteiger partial charge in [0, 0.05) is 39.2 Å². The Kier molecular flexibility index (Phi) is 3.39. The van der Waals surface area contributed by atoms with Crippen LogP contribution in [0.2, 0.25) is 0 Å². The van der Waals surface area contributed by atoms with Gasteiger partial charge in [-0.25, -0.2) is 4.98 Å². The van der Waals surface area contributed by atoms with Gasteiger partial charge in [-0.1, -0.05) is 0 Å². The van der Waals surface area contributed by atoms with Crippen molar-refractivity contribution in [2.75, 3.05) is 0 Å². The van der Waals surface area contributed by atoms with E-state index in [0.29, 0.717) is 6.54 Å². The van der Waals surface area contributed by atoms with E-state index in [4.69, 9.17) is 4.42 Å². The van der Waals surface area contributed by atoms with Gasteiger partial charge in [0.05, 0.1) is 12.0 Å². The molecule has 3 heterocycles. The van der Waals surface area contributed by atoms with E-state index in [0.717, 1.165) is 17.3 Å². The molecular weight excluding hydrogens is 254 g/mol. The van der Waals surface area contributed by atoms with Crippen LogP contribution in [0, 0.1) is 0 Å². The Balaban J connectivity index is 1.84. The van der Waals surface area contributed by atoms with Crippen LogP contribution in [-0.2, 0) is 20.6 Å². The fraction of sp³-hybridized carbons (Fsp3) is 0.286. The number of furan rings is 1. The normalized spacial score (nSPS) is 12.7. The van der Waals surface area contributed by atoms with Crippen molar-refractivity contribution in [3.05, 3.63) is 60.3 Å². The van der Waals surface area contributed by atoms with E-state index in [-0.39, 0.29) is 6.04 Å². The Morgan fingerprint density at radius 3 is 2.80 bits per heavy atom. The van der Waals surface area contributed by atoms with E-state index in [1.165, 1.54) is 0 Å². The first kappa shape index (κ1) is 12.7. The second kappa shape index (κ2) is 5.34. The zero-order valence-corrected chi connectivity index (χ0v) is 11.5. The summed E-state index contributed by atoms with van der Waals surface area (Å²) in [6.07, 6.45) is 7.19. The monoisotopic (exact) mass is 271 g/mol. The van der Waals surface area contributed by atoms with Crippen molar-refractivity contribution in [3.63, 3.8) is 0 Å². The van der Waals surface area contributed by atoms with Gasteiger partial charge in [0.25, 0.3) is 0 Å². The predicted octanol–water partition coefficient (Wildman–Crippen LogP) is 1.63.